The number of amides is 2. The molecule has 0 aromatic heterocycles. The van der Waals surface area contributed by atoms with Crippen LogP contribution in [0.5, 0.6) is 0 Å². The van der Waals surface area contributed by atoms with Gasteiger partial charge in [0.15, 0.2) is 0 Å². The van der Waals surface area contributed by atoms with Crippen LogP contribution in [0.25, 0.3) is 0 Å². The third-order valence-corrected chi connectivity index (χ3v) is 6.84. The average Bonchev–Trinajstić information content (AvgIpc) is 2.90. The number of hydrogen-bond donors (Lipinski definition) is 1. The molecule has 0 radical (unpaired) electrons. The molecule has 0 bridgehead atoms. The maximum absolute atomic E-state index is 13.1. The smallest absolute Gasteiger partial charge is 0.411 e. The van der Waals surface area contributed by atoms with Crippen LogP contribution in [-0.4, -0.2) is 42.9 Å². The Morgan fingerprint density at radius 3 is 2.05 bits per heavy atom. The number of esters is 1. The number of hydrogen-bond acceptors (Lipinski definition) is 7. The molecule has 3 aromatic carbocycles. The molecule has 0 aliphatic carbocycles. The first-order valence-corrected chi connectivity index (χ1v) is 13.8. The highest BCUT2D eigenvalue weighted by Gasteiger charge is 2.31. The number of benzene rings is 3. The van der Waals surface area contributed by atoms with E-state index in [9.17, 15) is 22.8 Å². The third kappa shape index (κ3) is 8.68. The van der Waals surface area contributed by atoms with Crippen molar-refractivity contribution in [3.63, 3.8) is 0 Å². The van der Waals surface area contributed by atoms with E-state index in [0.717, 1.165) is 22.1 Å². The predicted molar refractivity (Wildman–Crippen MR) is 145 cm³/mol. The average molecular weight is 553 g/mol. The molecule has 0 aliphatic heterocycles. The van der Waals surface area contributed by atoms with Crippen LogP contribution in [0.4, 0.5) is 4.79 Å². The van der Waals surface area contributed by atoms with Gasteiger partial charge in [0.2, 0.25) is 0 Å². The number of sulfonamides is 1. The second-order valence-electron chi connectivity index (χ2n) is 9.83. The van der Waals surface area contributed by atoms with Crippen molar-refractivity contribution in [2.24, 2.45) is 0 Å². The minimum Gasteiger partial charge on any atom is -0.456 e. The minimum absolute atomic E-state index is 0.0111. The van der Waals surface area contributed by atoms with E-state index in [1.165, 1.54) is 25.1 Å². The molecule has 3 rings (SSSR count). The topological polar surface area (TPSA) is 119 Å². The summed E-state index contributed by atoms with van der Waals surface area (Å²) in [6.45, 7) is 6.48. The molecule has 3 aromatic rings. The molecule has 9 nitrogen and oxygen atoms in total. The monoisotopic (exact) mass is 552 g/mol. The van der Waals surface area contributed by atoms with Gasteiger partial charge in [0.25, 0.3) is 15.9 Å². The van der Waals surface area contributed by atoms with Gasteiger partial charge in [-0.3, -0.25) is 9.69 Å². The van der Waals surface area contributed by atoms with Crippen LogP contribution in [0.2, 0.25) is 0 Å². The van der Waals surface area contributed by atoms with Gasteiger partial charge in [-0.2, -0.15) is 0 Å². The molecule has 1 atom stereocenters. The lowest BCUT2D eigenvalue weighted by Gasteiger charge is -2.27. The molecule has 0 saturated carbocycles. The summed E-state index contributed by atoms with van der Waals surface area (Å²) < 4.78 is 38.9. The zero-order chi connectivity index (χ0) is 28.6. The van der Waals surface area contributed by atoms with Crippen molar-refractivity contribution in [1.29, 1.82) is 0 Å². The van der Waals surface area contributed by atoms with Crippen LogP contribution >= 0.6 is 0 Å². The summed E-state index contributed by atoms with van der Waals surface area (Å²) in [6.07, 6.45) is -0.783. The highest BCUT2D eigenvalue weighted by atomic mass is 32.2. The van der Waals surface area contributed by atoms with Crippen LogP contribution in [0, 0.1) is 0 Å². The molecule has 206 valence electrons. The van der Waals surface area contributed by atoms with Crippen molar-refractivity contribution in [3.8, 4) is 0 Å². The van der Waals surface area contributed by atoms with Gasteiger partial charge in [0.1, 0.15) is 18.2 Å². The molecule has 0 aliphatic rings. The fourth-order valence-electron chi connectivity index (χ4n) is 3.49. The Bertz CT molecular complexity index is 1400. The second-order valence-corrected chi connectivity index (χ2v) is 11.5. The Morgan fingerprint density at radius 2 is 1.46 bits per heavy atom. The Balaban J connectivity index is 1.78. The van der Waals surface area contributed by atoms with Gasteiger partial charge in [0.05, 0.1) is 10.5 Å². The summed E-state index contributed by atoms with van der Waals surface area (Å²) in [5.41, 5.74) is 0.729. The van der Waals surface area contributed by atoms with E-state index in [-0.39, 0.29) is 23.6 Å². The van der Waals surface area contributed by atoms with Crippen molar-refractivity contribution in [2.75, 3.05) is 0 Å². The standard InChI is InChI=1S/C29H32N2O7S/c1-21(26(32)30-39(35,36)25-17-11-16-24(18-25)27(33)38-29(2,3)4)31(19-22-12-7-5-8-13-22)28(34)37-20-23-14-9-6-10-15-23/h5-18,21H,19-20H2,1-4H3,(H,30,32). The largest absolute Gasteiger partial charge is 0.456 e. The maximum atomic E-state index is 13.1. The van der Waals surface area contributed by atoms with Crippen molar-refractivity contribution in [2.45, 2.75) is 57.4 Å². The molecule has 0 saturated heterocycles. The predicted octanol–water partition coefficient (Wildman–Crippen LogP) is 4.67. The Labute approximate surface area is 228 Å². The van der Waals surface area contributed by atoms with E-state index in [4.69, 9.17) is 9.47 Å². The van der Waals surface area contributed by atoms with Crippen LogP contribution in [0.1, 0.15) is 49.2 Å². The number of carbonyl (C=O) groups is 3. The van der Waals surface area contributed by atoms with Crippen molar-refractivity contribution < 1.29 is 32.3 Å². The van der Waals surface area contributed by atoms with Gasteiger partial charge in [-0.25, -0.2) is 22.7 Å². The lowest BCUT2D eigenvalue weighted by molar-refractivity contribution is -0.123. The second kappa shape index (κ2) is 12.6. The summed E-state index contributed by atoms with van der Waals surface area (Å²) in [6, 6.07) is 22.0. The fraction of sp³-hybridized carbons (Fsp3) is 0.276. The van der Waals surface area contributed by atoms with E-state index in [1.54, 1.807) is 57.2 Å². The molecule has 0 fully saturated rings. The number of nitrogens with zero attached hydrogens (tertiary/aromatic N) is 1. The lowest BCUT2D eigenvalue weighted by Crippen LogP contribution is -2.49. The van der Waals surface area contributed by atoms with E-state index < -0.39 is 39.6 Å². The Hall–Kier alpha value is -4.18. The van der Waals surface area contributed by atoms with Crippen molar-refractivity contribution in [1.82, 2.24) is 9.62 Å². The number of nitrogens with one attached hydrogen (secondary N) is 1. The summed E-state index contributed by atoms with van der Waals surface area (Å²) in [4.78, 5) is 39.4. The van der Waals surface area contributed by atoms with Crippen LogP contribution < -0.4 is 4.72 Å². The number of rotatable bonds is 9. The van der Waals surface area contributed by atoms with Crippen LogP contribution in [0.15, 0.2) is 89.8 Å². The van der Waals surface area contributed by atoms with Crippen LogP contribution in [-0.2, 0) is 37.4 Å². The molecule has 0 heterocycles. The SMILES string of the molecule is CC(C(=O)NS(=O)(=O)c1cccc(C(=O)OC(C)(C)C)c1)N(Cc1ccccc1)C(=O)OCc1ccccc1. The molecule has 1 N–H and O–H groups in total. The first-order valence-electron chi connectivity index (χ1n) is 12.3. The third-order valence-electron chi connectivity index (χ3n) is 5.50. The molecule has 0 spiro atoms. The van der Waals surface area contributed by atoms with E-state index >= 15 is 0 Å². The van der Waals surface area contributed by atoms with Gasteiger partial charge in [0, 0.05) is 6.54 Å². The lowest BCUT2D eigenvalue weighted by atomic mass is 10.2. The van der Waals surface area contributed by atoms with Gasteiger partial charge in [-0.15, -0.1) is 0 Å². The van der Waals surface area contributed by atoms with Crippen molar-refractivity contribution >= 4 is 28.0 Å². The van der Waals surface area contributed by atoms with Crippen molar-refractivity contribution in [3.05, 3.63) is 102 Å². The maximum Gasteiger partial charge on any atom is 0.411 e. The molecule has 39 heavy (non-hydrogen) atoms. The quantitative estimate of drug-likeness (QED) is 0.383. The van der Waals surface area contributed by atoms with Gasteiger partial charge in [-0.05, 0) is 57.0 Å². The highest BCUT2D eigenvalue weighted by Crippen LogP contribution is 2.17. The fourth-order valence-corrected chi connectivity index (χ4v) is 4.58. The van der Waals surface area contributed by atoms with Gasteiger partial charge < -0.3 is 9.47 Å². The number of carbonyl (C=O) groups excluding carboxylic acids is 3. The van der Waals surface area contributed by atoms with E-state index in [0.29, 0.717) is 0 Å². The molecular formula is C29H32N2O7S. The van der Waals surface area contributed by atoms with E-state index in [2.05, 4.69) is 0 Å². The molecule has 1 unspecified atom stereocenters. The zero-order valence-electron chi connectivity index (χ0n) is 22.3. The van der Waals surface area contributed by atoms with Gasteiger partial charge >= 0.3 is 12.1 Å². The summed E-state index contributed by atoms with van der Waals surface area (Å²) >= 11 is 0. The van der Waals surface area contributed by atoms with Crippen LogP contribution in [0.3, 0.4) is 0 Å². The molecule has 10 heteroatoms. The zero-order valence-corrected chi connectivity index (χ0v) is 23.1. The summed E-state index contributed by atoms with van der Waals surface area (Å²) in [7, 11) is -4.38. The van der Waals surface area contributed by atoms with E-state index in [1.807, 2.05) is 29.0 Å². The summed E-state index contributed by atoms with van der Waals surface area (Å²) in [5, 5.41) is 0. The number of ether oxygens (including phenoxy) is 2. The Morgan fingerprint density at radius 1 is 0.872 bits per heavy atom. The summed E-state index contributed by atoms with van der Waals surface area (Å²) in [5.74, 6) is -1.64. The normalized spacial score (nSPS) is 12.2. The minimum atomic E-state index is -4.38. The first kappa shape index (κ1) is 29.4. The highest BCUT2D eigenvalue weighted by molar-refractivity contribution is 7.90. The molecule has 2 amide bonds. The molecular weight excluding hydrogens is 520 g/mol. The first-order chi connectivity index (χ1) is 18.4. The van der Waals surface area contributed by atoms with Gasteiger partial charge in [-0.1, -0.05) is 66.7 Å². The Kier molecular flexibility index (Phi) is 9.47.